The summed E-state index contributed by atoms with van der Waals surface area (Å²) in [6, 6.07) is 25.5. The number of aromatic amines is 1. The van der Waals surface area contributed by atoms with Crippen LogP contribution in [-0.4, -0.2) is 21.1 Å². The lowest BCUT2D eigenvalue weighted by molar-refractivity contribution is 0.357. The molecule has 38 heavy (non-hydrogen) atoms. The maximum absolute atomic E-state index is 13.7. The molecule has 7 rings (SSSR count). The number of aromatic nitrogens is 3. The van der Waals surface area contributed by atoms with Gasteiger partial charge in [-0.2, -0.15) is 0 Å². The van der Waals surface area contributed by atoms with Crippen molar-refractivity contribution in [2.45, 2.75) is 6.42 Å². The van der Waals surface area contributed by atoms with Crippen molar-refractivity contribution >= 4 is 45.5 Å². The third kappa shape index (κ3) is 3.64. The van der Waals surface area contributed by atoms with E-state index in [1.807, 2.05) is 60.7 Å². The lowest BCUT2D eigenvalue weighted by Gasteiger charge is -2.15. The van der Waals surface area contributed by atoms with Crippen molar-refractivity contribution in [1.82, 2.24) is 14.5 Å². The first-order valence-electron chi connectivity index (χ1n) is 12.3. The normalized spacial score (nSPS) is 12.6. The van der Waals surface area contributed by atoms with Gasteiger partial charge in [-0.05, 0) is 76.9 Å². The molecule has 0 aliphatic carbocycles. The van der Waals surface area contributed by atoms with E-state index in [1.54, 1.807) is 17.0 Å². The van der Waals surface area contributed by atoms with Gasteiger partial charge in [0.1, 0.15) is 5.75 Å². The summed E-state index contributed by atoms with van der Waals surface area (Å²) in [6.07, 6.45) is 4.39. The molecule has 184 valence electrons. The van der Waals surface area contributed by atoms with Crippen LogP contribution in [0.3, 0.4) is 0 Å². The van der Waals surface area contributed by atoms with E-state index in [-0.39, 0.29) is 5.56 Å². The van der Waals surface area contributed by atoms with Gasteiger partial charge in [0, 0.05) is 40.2 Å². The molecule has 6 aromatic rings. The quantitative estimate of drug-likeness (QED) is 0.239. The van der Waals surface area contributed by atoms with Gasteiger partial charge < -0.3 is 9.72 Å². The van der Waals surface area contributed by atoms with E-state index in [9.17, 15) is 4.79 Å². The summed E-state index contributed by atoms with van der Waals surface area (Å²) in [4.78, 5) is 21.2. The first-order valence-corrected chi connectivity index (χ1v) is 13.0. The summed E-state index contributed by atoms with van der Waals surface area (Å²) in [5, 5.41) is 3.01. The van der Waals surface area contributed by atoms with Gasteiger partial charge in [0.2, 0.25) is 0 Å². The van der Waals surface area contributed by atoms with Crippen LogP contribution in [0.25, 0.3) is 49.6 Å². The highest BCUT2D eigenvalue weighted by Crippen LogP contribution is 2.40. The lowest BCUT2D eigenvalue weighted by atomic mass is 9.93. The fraction of sp³-hybridized carbons (Fsp3) is 0.0645. The van der Waals surface area contributed by atoms with Crippen molar-refractivity contribution in [3.8, 4) is 33.7 Å². The highest BCUT2D eigenvalue weighted by molar-refractivity contribution is 7.71. The SMILES string of the molecule is O=c1c2ccc(-c3c(Cl)cccc3-c3ccc4c(c3)CCO4)cc2[nH]c(=S)n1-c1cccc2cnccc12. The molecule has 0 unspecified atom stereocenters. The van der Waals surface area contributed by atoms with Crippen molar-refractivity contribution in [3.63, 3.8) is 0 Å². The van der Waals surface area contributed by atoms with Gasteiger partial charge in [-0.15, -0.1) is 0 Å². The third-order valence-electron chi connectivity index (χ3n) is 7.10. The van der Waals surface area contributed by atoms with E-state index in [0.717, 1.165) is 50.9 Å². The van der Waals surface area contributed by atoms with Crippen molar-refractivity contribution < 1.29 is 4.74 Å². The molecule has 2 aromatic heterocycles. The molecule has 0 saturated heterocycles. The molecule has 0 bridgehead atoms. The van der Waals surface area contributed by atoms with Crippen molar-refractivity contribution in [2.75, 3.05) is 6.61 Å². The van der Waals surface area contributed by atoms with E-state index >= 15 is 0 Å². The smallest absolute Gasteiger partial charge is 0.266 e. The number of nitrogens with zero attached hydrogens (tertiary/aromatic N) is 2. The fourth-order valence-electron chi connectivity index (χ4n) is 5.30. The highest BCUT2D eigenvalue weighted by Gasteiger charge is 2.18. The van der Waals surface area contributed by atoms with Crippen LogP contribution in [0.1, 0.15) is 5.56 Å². The number of nitrogens with one attached hydrogen (secondary N) is 1. The van der Waals surface area contributed by atoms with Gasteiger partial charge in [0.15, 0.2) is 4.77 Å². The molecule has 0 radical (unpaired) electrons. The molecule has 1 aliphatic heterocycles. The van der Waals surface area contributed by atoms with Gasteiger partial charge >= 0.3 is 0 Å². The Kier molecular flexibility index (Phi) is 5.39. The van der Waals surface area contributed by atoms with E-state index < -0.39 is 0 Å². The van der Waals surface area contributed by atoms with E-state index in [4.69, 9.17) is 28.6 Å². The van der Waals surface area contributed by atoms with Crippen LogP contribution < -0.4 is 10.3 Å². The average Bonchev–Trinajstić information content (AvgIpc) is 3.41. The van der Waals surface area contributed by atoms with Gasteiger partial charge in [0.25, 0.3) is 5.56 Å². The van der Waals surface area contributed by atoms with Gasteiger partial charge in [-0.3, -0.25) is 14.3 Å². The van der Waals surface area contributed by atoms with Crippen LogP contribution in [0, 0.1) is 4.77 Å². The highest BCUT2D eigenvalue weighted by atomic mass is 35.5. The molecule has 7 heteroatoms. The number of hydrogen-bond donors (Lipinski definition) is 1. The Morgan fingerprint density at radius 1 is 0.947 bits per heavy atom. The number of H-pyrrole nitrogens is 1. The second-order valence-corrected chi connectivity index (χ2v) is 10.1. The molecule has 3 heterocycles. The van der Waals surface area contributed by atoms with Crippen LogP contribution in [0.5, 0.6) is 5.75 Å². The molecule has 0 saturated carbocycles. The maximum Gasteiger partial charge on any atom is 0.266 e. The van der Waals surface area contributed by atoms with Crippen LogP contribution >= 0.6 is 23.8 Å². The largest absolute Gasteiger partial charge is 0.493 e. The van der Waals surface area contributed by atoms with Crippen LogP contribution in [-0.2, 0) is 6.42 Å². The minimum absolute atomic E-state index is 0.183. The van der Waals surface area contributed by atoms with E-state index in [0.29, 0.717) is 27.3 Å². The fourth-order valence-corrected chi connectivity index (χ4v) is 5.88. The Hall–Kier alpha value is -4.26. The zero-order valence-corrected chi connectivity index (χ0v) is 21.6. The van der Waals surface area contributed by atoms with Gasteiger partial charge in [-0.25, -0.2) is 0 Å². The van der Waals surface area contributed by atoms with Crippen molar-refractivity contribution in [2.24, 2.45) is 0 Å². The standard InChI is InChI=1S/C31H20ClN3O2S/c32-25-5-2-4-23(18-8-10-28-19(15-18)12-14-37-28)29(25)20-7-9-24-26(16-20)34-31(38)35(30(24)36)27-6-1-3-21-17-33-13-11-22(21)27/h1-11,13,15-17H,12,14H2,(H,34,38). The van der Waals surface area contributed by atoms with Gasteiger partial charge in [-0.1, -0.05) is 48.0 Å². The van der Waals surface area contributed by atoms with Crippen LogP contribution in [0.4, 0.5) is 0 Å². The Morgan fingerprint density at radius 2 is 1.82 bits per heavy atom. The Morgan fingerprint density at radius 3 is 2.74 bits per heavy atom. The molecule has 0 atom stereocenters. The topological polar surface area (TPSA) is 59.9 Å². The molecule has 1 N–H and O–H groups in total. The third-order valence-corrected chi connectivity index (χ3v) is 7.70. The summed E-state index contributed by atoms with van der Waals surface area (Å²) in [7, 11) is 0. The summed E-state index contributed by atoms with van der Waals surface area (Å²) >= 11 is 12.5. The van der Waals surface area contributed by atoms with E-state index in [2.05, 4.69) is 28.2 Å². The summed E-state index contributed by atoms with van der Waals surface area (Å²) in [5.41, 5.74) is 6.27. The molecular formula is C31H20ClN3O2S. The monoisotopic (exact) mass is 533 g/mol. The number of halogens is 1. The molecule has 0 fully saturated rings. The molecular weight excluding hydrogens is 514 g/mol. The van der Waals surface area contributed by atoms with Crippen molar-refractivity contribution in [1.29, 1.82) is 0 Å². The molecule has 1 aliphatic rings. The maximum atomic E-state index is 13.7. The second kappa shape index (κ2) is 8.94. The number of fused-ring (bicyclic) bond motifs is 3. The number of pyridine rings is 1. The second-order valence-electron chi connectivity index (χ2n) is 9.29. The average molecular weight is 534 g/mol. The summed E-state index contributed by atoms with van der Waals surface area (Å²) < 4.78 is 7.56. The summed E-state index contributed by atoms with van der Waals surface area (Å²) in [5.74, 6) is 0.939. The Balaban J connectivity index is 1.41. The zero-order chi connectivity index (χ0) is 25.8. The van der Waals surface area contributed by atoms with Crippen LogP contribution in [0.2, 0.25) is 5.02 Å². The number of ether oxygens (including phenoxy) is 1. The molecule has 4 aromatic carbocycles. The van der Waals surface area contributed by atoms with Gasteiger partial charge in [0.05, 0.1) is 23.2 Å². The zero-order valence-electron chi connectivity index (χ0n) is 20.1. The molecule has 5 nitrogen and oxygen atoms in total. The number of rotatable bonds is 3. The Bertz CT molecular complexity index is 2020. The molecule has 0 spiro atoms. The number of hydrogen-bond acceptors (Lipinski definition) is 4. The first kappa shape index (κ1) is 22.9. The summed E-state index contributed by atoms with van der Waals surface area (Å²) in [6.45, 7) is 0.707. The first-order chi connectivity index (χ1) is 18.6. The van der Waals surface area contributed by atoms with Crippen LogP contribution in [0.15, 0.2) is 96.1 Å². The minimum atomic E-state index is -0.183. The Labute approximate surface area is 227 Å². The minimum Gasteiger partial charge on any atom is -0.493 e. The predicted molar refractivity (Wildman–Crippen MR) is 155 cm³/mol. The van der Waals surface area contributed by atoms with Crippen molar-refractivity contribution in [3.05, 3.63) is 117 Å². The van der Waals surface area contributed by atoms with E-state index in [1.165, 1.54) is 5.56 Å². The molecule has 0 amide bonds. The predicted octanol–water partition coefficient (Wildman–Crippen LogP) is 7.52. The number of benzene rings is 4. The lowest BCUT2D eigenvalue weighted by Crippen LogP contribution is -2.20.